The van der Waals surface area contributed by atoms with Crippen molar-refractivity contribution in [2.45, 2.75) is 6.42 Å². The Kier molecular flexibility index (Phi) is 4.22. The third kappa shape index (κ3) is 3.10. The van der Waals surface area contributed by atoms with Crippen molar-refractivity contribution < 1.29 is 4.79 Å². The lowest BCUT2D eigenvalue weighted by Gasteiger charge is -2.19. The standard InChI is InChI=1S/C11H16N4OS/c12-14-9-2-3-10(13-8-9)11(16)15-4-1-6-17-7-5-15/h2-3,8,14H,1,4-7,12H2. The third-order valence-corrected chi connectivity index (χ3v) is 3.71. The average Bonchev–Trinajstić information content (AvgIpc) is 2.67. The number of carbonyl (C=O) groups is 1. The molecule has 0 radical (unpaired) electrons. The molecular formula is C11H16N4OS. The molecule has 1 aliphatic heterocycles. The average molecular weight is 252 g/mol. The van der Waals surface area contributed by atoms with Gasteiger partial charge in [0.25, 0.3) is 5.91 Å². The minimum atomic E-state index is 0.0103. The van der Waals surface area contributed by atoms with Crippen LogP contribution in [-0.2, 0) is 0 Å². The molecule has 0 spiro atoms. The number of amides is 1. The fraction of sp³-hybridized carbons (Fsp3) is 0.455. The van der Waals surface area contributed by atoms with Gasteiger partial charge in [-0.25, -0.2) is 4.98 Å². The minimum Gasteiger partial charge on any atom is -0.336 e. The highest BCUT2D eigenvalue weighted by Crippen LogP contribution is 2.13. The highest BCUT2D eigenvalue weighted by Gasteiger charge is 2.18. The maximum absolute atomic E-state index is 12.2. The maximum atomic E-state index is 12.2. The normalized spacial score (nSPS) is 16.4. The largest absolute Gasteiger partial charge is 0.336 e. The van der Waals surface area contributed by atoms with E-state index in [-0.39, 0.29) is 5.91 Å². The lowest BCUT2D eigenvalue weighted by atomic mass is 10.3. The summed E-state index contributed by atoms with van der Waals surface area (Å²) in [6.45, 7) is 1.63. The minimum absolute atomic E-state index is 0.0103. The first-order valence-corrected chi connectivity index (χ1v) is 6.76. The maximum Gasteiger partial charge on any atom is 0.272 e. The van der Waals surface area contributed by atoms with Crippen LogP contribution in [0.15, 0.2) is 18.3 Å². The van der Waals surface area contributed by atoms with E-state index in [1.54, 1.807) is 18.3 Å². The molecule has 0 aromatic carbocycles. The number of pyridine rings is 1. The Morgan fingerprint density at radius 1 is 1.41 bits per heavy atom. The monoisotopic (exact) mass is 252 g/mol. The van der Waals surface area contributed by atoms with E-state index in [0.717, 1.165) is 31.0 Å². The molecule has 2 rings (SSSR count). The molecule has 3 N–H and O–H groups in total. The van der Waals surface area contributed by atoms with Gasteiger partial charge >= 0.3 is 0 Å². The number of aromatic nitrogens is 1. The fourth-order valence-corrected chi connectivity index (χ4v) is 2.60. The number of thioether (sulfide) groups is 1. The smallest absolute Gasteiger partial charge is 0.272 e. The van der Waals surface area contributed by atoms with Crippen LogP contribution in [0.1, 0.15) is 16.9 Å². The summed E-state index contributed by atoms with van der Waals surface area (Å²) in [6, 6.07) is 3.46. The zero-order chi connectivity index (χ0) is 12.1. The molecule has 0 unspecified atom stereocenters. The zero-order valence-electron chi connectivity index (χ0n) is 9.56. The van der Waals surface area contributed by atoms with Gasteiger partial charge in [-0.3, -0.25) is 10.6 Å². The Bertz CT molecular complexity index is 374. The van der Waals surface area contributed by atoms with Crippen molar-refractivity contribution in [3.63, 3.8) is 0 Å². The van der Waals surface area contributed by atoms with Crippen LogP contribution in [0.4, 0.5) is 5.69 Å². The molecule has 1 aromatic rings. The van der Waals surface area contributed by atoms with Gasteiger partial charge in [-0.1, -0.05) is 0 Å². The molecule has 17 heavy (non-hydrogen) atoms. The van der Waals surface area contributed by atoms with Crippen LogP contribution in [0.2, 0.25) is 0 Å². The van der Waals surface area contributed by atoms with Crippen LogP contribution < -0.4 is 11.3 Å². The van der Waals surface area contributed by atoms with Gasteiger partial charge in [-0.15, -0.1) is 0 Å². The third-order valence-electron chi connectivity index (χ3n) is 2.66. The van der Waals surface area contributed by atoms with Crippen molar-refractivity contribution >= 4 is 23.4 Å². The van der Waals surface area contributed by atoms with Crippen LogP contribution >= 0.6 is 11.8 Å². The van der Waals surface area contributed by atoms with Crippen LogP contribution in [0.5, 0.6) is 0 Å². The van der Waals surface area contributed by atoms with Crippen molar-refractivity contribution in [3.05, 3.63) is 24.0 Å². The van der Waals surface area contributed by atoms with Crippen molar-refractivity contribution in [1.82, 2.24) is 9.88 Å². The van der Waals surface area contributed by atoms with Gasteiger partial charge in [0.05, 0.1) is 11.9 Å². The van der Waals surface area contributed by atoms with Gasteiger partial charge in [-0.05, 0) is 24.3 Å². The molecule has 1 fully saturated rings. The van der Waals surface area contributed by atoms with E-state index >= 15 is 0 Å². The van der Waals surface area contributed by atoms with Crippen molar-refractivity contribution in [3.8, 4) is 0 Å². The molecule has 92 valence electrons. The molecule has 1 aromatic heterocycles. The first-order valence-electron chi connectivity index (χ1n) is 5.61. The SMILES string of the molecule is NNc1ccc(C(=O)N2CCCSCC2)nc1. The number of hydrazine groups is 1. The van der Waals surface area contributed by atoms with Crippen LogP contribution in [-0.4, -0.2) is 40.4 Å². The fourth-order valence-electron chi connectivity index (χ4n) is 1.72. The Labute approximate surface area is 105 Å². The number of nitrogen functional groups attached to an aromatic ring is 1. The van der Waals surface area contributed by atoms with Gasteiger partial charge in [-0.2, -0.15) is 11.8 Å². The second-order valence-electron chi connectivity index (χ2n) is 3.83. The van der Waals surface area contributed by atoms with E-state index in [1.165, 1.54) is 0 Å². The summed E-state index contributed by atoms with van der Waals surface area (Å²) < 4.78 is 0. The second kappa shape index (κ2) is 5.88. The Morgan fingerprint density at radius 2 is 2.29 bits per heavy atom. The number of nitrogens with zero attached hydrogens (tertiary/aromatic N) is 2. The zero-order valence-corrected chi connectivity index (χ0v) is 10.4. The molecule has 0 atom stereocenters. The molecule has 1 aliphatic rings. The van der Waals surface area contributed by atoms with Gasteiger partial charge in [0.2, 0.25) is 0 Å². The highest BCUT2D eigenvalue weighted by molar-refractivity contribution is 7.99. The lowest BCUT2D eigenvalue weighted by Crippen LogP contribution is -2.33. The highest BCUT2D eigenvalue weighted by atomic mass is 32.2. The van der Waals surface area contributed by atoms with Gasteiger partial charge in [0.15, 0.2) is 0 Å². The lowest BCUT2D eigenvalue weighted by molar-refractivity contribution is 0.0762. The van der Waals surface area contributed by atoms with E-state index in [4.69, 9.17) is 5.84 Å². The summed E-state index contributed by atoms with van der Waals surface area (Å²) in [5.74, 6) is 7.40. The first-order chi connectivity index (χ1) is 8.31. The topological polar surface area (TPSA) is 71.2 Å². The molecule has 5 nitrogen and oxygen atoms in total. The van der Waals surface area contributed by atoms with Gasteiger partial charge in [0, 0.05) is 18.8 Å². The molecule has 0 aliphatic carbocycles. The quantitative estimate of drug-likeness (QED) is 0.605. The van der Waals surface area contributed by atoms with Crippen molar-refractivity contribution in [2.24, 2.45) is 5.84 Å². The summed E-state index contributed by atoms with van der Waals surface area (Å²) >= 11 is 1.90. The number of anilines is 1. The van der Waals surface area contributed by atoms with Crippen LogP contribution in [0.25, 0.3) is 0 Å². The van der Waals surface area contributed by atoms with Crippen LogP contribution in [0, 0.1) is 0 Å². The van der Waals surface area contributed by atoms with Crippen LogP contribution in [0.3, 0.4) is 0 Å². The Balaban J connectivity index is 2.06. The molecule has 6 heteroatoms. The predicted molar refractivity (Wildman–Crippen MR) is 69.9 cm³/mol. The Morgan fingerprint density at radius 3 is 3.00 bits per heavy atom. The molecule has 0 saturated carbocycles. The number of nitrogens with one attached hydrogen (secondary N) is 1. The number of carbonyl (C=O) groups excluding carboxylic acids is 1. The van der Waals surface area contributed by atoms with Gasteiger partial charge in [0.1, 0.15) is 5.69 Å². The predicted octanol–water partition coefficient (Wildman–Crippen LogP) is 0.946. The number of hydrogen-bond donors (Lipinski definition) is 2. The van der Waals surface area contributed by atoms with E-state index in [9.17, 15) is 4.79 Å². The summed E-state index contributed by atoms with van der Waals surface area (Å²) in [5, 5.41) is 0. The molecule has 2 heterocycles. The van der Waals surface area contributed by atoms with E-state index in [0.29, 0.717) is 11.4 Å². The molecular weight excluding hydrogens is 236 g/mol. The van der Waals surface area contributed by atoms with Gasteiger partial charge < -0.3 is 10.3 Å². The summed E-state index contributed by atoms with van der Waals surface area (Å²) in [6.07, 6.45) is 2.62. The van der Waals surface area contributed by atoms with E-state index in [2.05, 4.69) is 10.4 Å². The number of rotatable bonds is 2. The van der Waals surface area contributed by atoms with E-state index in [1.807, 2.05) is 16.7 Å². The Hall–Kier alpha value is -1.27. The summed E-state index contributed by atoms with van der Waals surface area (Å²) in [4.78, 5) is 18.1. The van der Waals surface area contributed by atoms with E-state index < -0.39 is 0 Å². The van der Waals surface area contributed by atoms with Crippen molar-refractivity contribution in [1.29, 1.82) is 0 Å². The number of hydrogen-bond acceptors (Lipinski definition) is 5. The molecule has 0 bridgehead atoms. The first kappa shape index (κ1) is 12.2. The number of nitrogens with two attached hydrogens (primary N) is 1. The summed E-state index contributed by atoms with van der Waals surface area (Å²) in [5.41, 5.74) is 3.68. The molecule has 1 amide bonds. The summed E-state index contributed by atoms with van der Waals surface area (Å²) in [7, 11) is 0. The van der Waals surface area contributed by atoms with Crippen molar-refractivity contribution in [2.75, 3.05) is 30.0 Å². The molecule has 1 saturated heterocycles. The second-order valence-corrected chi connectivity index (χ2v) is 5.06.